The molecule has 0 aliphatic rings. The molecule has 1 atom stereocenters. The average Bonchev–Trinajstić information content (AvgIpc) is 1.89. The summed E-state index contributed by atoms with van der Waals surface area (Å²) in [7, 11) is 0. The van der Waals surface area contributed by atoms with E-state index in [0.29, 0.717) is 5.92 Å². The van der Waals surface area contributed by atoms with Crippen LogP contribution in [0.25, 0.3) is 0 Å². The highest BCUT2D eigenvalue weighted by Gasteiger charge is 1.93. The second-order valence-electron chi connectivity index (χ2n) is 2.14. The molecule has 0 fully saturated rings. The maximum Gasteiger partial charge on any atom is -0.000722 e. The zero-order valence-electron chi connectivity index (χ0n) is 6.10. The van der Waals surface area contributed by atoms with Gasteiger partial charge in [0.2, 0.25) is 0 Å². The largest absolute Gasteiger partial charge is 0.161 e. The van der Waals surface area contributed by atoms with Crippen LogP contribution in [0.15, 0.2) is 12.7 Å². The Morgan fingerprint density at radius 2 is 2.33 bits per heavy atom. The molecule has 0 heterocycles. The summed E-state index contributed by atoms with van der Waals surface area (Å²) in [6.45, 7) is 9.66. The zero-order chi connectivity index (χ0) is 7.11. The monoisotopic (exact) mass is 143 g/mol. The molecule has 0 nitrogen and oxygen atoms in total. The summed E-state index contributed by atoms with van der Waals surface area (Å²) in [5.41, 5.74) is 0. The van der Waals surface area contributed by atoms with Gasteiger partial charge in [0.05, 0.1) is 0 Å². The van der Waals surface area contributed by atoms with Crippen molar-refractivity contribution >= 4 is 11.8 Å². The lowest BCUT2D eigenvalue weighted by atomic mass is 10.2. The zero-order valence-corrected chi connectivity index (χ0v) is 6.91. The Hall–Kier alpha value is 0.0900. The van der Waals surface area contributed by atoms with E-state index in [1.54, 1.807) is 0 Å². The first-order valence-corrected chi connectivity index (χ1v) is 4.46. The van der Waals surface area contributed by atoms with Crippen LogP contribution in [-0.2, 0) is 0 Å². The molecule has 0 saturated heterocycles. The van der Waals surface area contributed by atoms with E-state index in [2.05, 4.69) is 20.4 Å². The molecule has 0 aromatic carbocycles. The van der Waals surface area contributed by atoms with Gasteiger partial charge in [0.25, 0.3) is 0 Å². The lowest BCUT2D eigenvalue weighted by molar-refractivity contribution is 0.849. The SMILES string of the molecule is [CH2]CCSCC(C)C=C. The molecule has 0 aromatic rings. The highest BCUT2D eigenvalue weighted by molar-refractivity contribution is 7.99. The standard InChI is InChI=1S/C8H15S/c1-4-6-9-7-8(3)5-2/h5,8H,1-2,4,6-7H2,3H3. The van der Waals surface area contributed by atoms with Crippen LogP contribution in [0, 0.1) is 12.8 Å². The van der Waals surface area contributed by atoms with Crippen molar-refractivity contribution in [2.24, 2.45) is 5.92 Å². The van der Waals surface area contributed by atoms with Gasteiger partial charge >= 0.3 is 0 Å². The van der Waals surface area contributed by atoms with E-state index in [1.807, 2.05) is 17.8 Å². The first-order chi connectivity index (χ1) is 4.31. The summed E-state index contributed by atoms with van der Waals surface area (Å²) in [4.78, 5) is 0. The molecule has 1 heteroatoms. The fourth-order valence-corrected chi connectivity index (χ4v) is 1.32. The van der Waals surface area contributed by atoms with Gasteiger partial charge in [-0.3, -0.25) is 0 Å². The topological polar surface area (TPSA) is 0 Å². The summed E-state index contributed by atoms with van der Waals surface area (Å²) in [6, 6.07) is 0. The fraction of sp³-hybridized carbons (Fsp3) is 0.625. The molecule has 9 heavy (non-hydrogen) atoms. The molecular formula is C8H15S. The molecule has 0 N–H and O–H groups in total. The maximum atomic E-state index is 3.76. The van der Waals surface area contributed by atoms with E-state index in [1.165, 1.54) is 11.5 Å². The van der Waals surface area contributed by atoms with Crippen molar-refractivity contribution in [2.45, 2.75) is 13.3 Å². The van der Waals surface area contributed by atoms with Gasteiger partial charge in [0.1, 0.15) is 0 Å². The van der Waals surface area contributed by atoms with Gasteiger partial charge in [-0.15, -0.1) is 6.58 Å². The van der Waals surface area contributed by atoms with Crippen molar-refractivity contribution in [3.05, 3.63) is 19.6 Å². The van der Waals surface area contributed by atoms with Gasteiger partial charge in [0, 0.05) is 0 Å². The normalized spacial score (nSPS) is 13.1. The molecule has 0 bridgehead atoms. The van der Waals surface area contributed by atoms with E-state index in [0.717, 1.165) is 6.42 Å². The molecule has 0 saturated carbocycles. The second kappa shape index (κ2) is 6.21. The molecule has 0 spiro atoms. The first-order valence-electron chi connectivity index (χ1n) is 3.30. The van der Waals surface area contributed by atoms with Crippen LogP contribution < -0.4 is 0 Å². The fourth-order valence-electron chi connectivity index (χ4n) is 0.439. The lowest BCUT2D eigenvalue weighted by Gasteiger charge is -2.02. The Morgan fingerprint density at radius 1 is 1.67 bits per heavy atom. The second-order valence-corrected chi connectivity index (χ2v) is 3.29. The number of hydrogen-bond acceptors (Lipinski definition) is 1. The van der Waals surface area contributed by atoms with Gasteiger partial charge < -0.3 is 0 Å². The third-order valence-electron chi connectivity index (χ3n) is 1.07. The van der Waals surface area contributed by atoms with E-state index in [9.17, 15) is 0 Å². The highest BCUT2D eigenvalue weighted by atomic mass is 32.2. The molecule has 0 amide bonds. The smallest absolute Gasteiger partial charge is 0.000722 e. The number of allylic oxidation sites excluding steroid dienone is 1. The minimum absolute atomic E-state index is 0.654. The number of rotatable bonds is 5. The number of thioether (sulfide) groups is 1. The van der Waals surface area contributed by atoms with Crippen LogP contribution in [0.5, 0.6) is 0 Å². The molecule has 0 rings (SSSR count). The van der Waals surface area contributed by atoms with E-state index < -0.39 is 0 Å². The van der Waals surface area contributed by atoms with Crippen LogP contribution in [0.2, 0.25) is 0 Å². The van der Waals surface area contributed by atoms with E-state index in [-0.39, 0.29) is 0 Å². The Bertz CT molecular complexity index is 69.0. The molecule has 1 radical (unpaired) electrons. The predicted molar refractivity (Wildman–Crippen MR) is 46.7 cm³/mol. The first kappa shape index (κ1) is 9.09. The van der Waals surface area contributed by atoms with Crippen LogP contribution in [0.1, 0.15) is 13.3 Å². The molecular weight excluding hydrogens is 128 g/mol. The minimum atomic E-state index is 0.654. The summed E-state index contributed by atoms with van der Waals surface area (Å²) >= 11 is 1.95. The lowest BCUT2D eigenvalue weighted by Crippen LogP contribution is -1.92. The highest BCUT2D eigenvalue weighted by Crippen LogP contribution is 2.08. The molecule has 53 valence electrons. The van der Waals surface area contributed by atoms with Crippen LogP contribution in [0.3, 0.4) is 0 Å². The third-order valence-corrected chi connectivity index (χ3v) is 2.41. The van der Waals surface area contributed by atoms with Crippen LogP contribution in [0.4, 0.5) is 0 Å². The number of hydrogen-bond donors (Lipinski definition) is 0. The third kappa shape index (κ3) is 5.97. The van der Waals surface area contributed by atoms with Gasteiger partial charge in [-0.25, -0.2) is 0 Å². The Kier molecular flexibility index (Phi) is 6.28. The van der Waals surface area contributed by atoms with Crippen molar-refractivity contribution in [3.8, 4) is 0 Å². The van der Waals surface area contributed by atoms with Crippen LogP contribution in [-0.4, -0.2) is 11.5 Å². The summed E-state index contributed by atoms with van der Waals surface area (Å²) in [5.74, 6) is 3.03. The van der Waals surface area contributed by atoms with Gasteiger partial charge in [-0.05, 0) is 23.8 Å². The molecule has 0 aromatic heterocycles. The van der Waals surface area contributed by atoms with Crippen molar-refractivity contribution in [2.75, 3.05) is 11.5 Å². The summed E-state index contributed by atoms with van der Waals surface area (Å²) < 4.78 is 0. The molecule has 0 aliphatic heterocycles. The molecule has 1 unspecified atom stereocenters. The molecule has 0 aliphatic carbocycles. The quantitative estimate of drug-likeness (QED) is 0.421. The van der Waals surface area contributed by atoms with Crippen LogP contribution >= 0.6 is 11.8 Å². The van der Waals surface area contributed by atoms with Crippen molar-refractivity contribution in [1.29, 1.82) is 0 Å². The van der Waals surface area contributed by atoms with Crippen molar-refractivity contribution in [1.82, 2.24) is 0 Å². The van der Waals surface area contributed by atoms with Gasteiger partial charge in [-0.2, -0.15) is 11.8 Å². The Morgan fingerprint density at radius 3 is 2.78 bits per heavy atom. The van der Waals surface area contributed by atoms with E-state index in [4.69, 9.17) is 0 Å². The van der Waals surface area contributed by atoms with E-state index >= 15 is 0 Å². The van der Waals surface area contributed by atoms with Gasteiger partial charge in [-0.1, -0.05) is 19.9 Å². The predicted octanol–water partition coefficient (Wildman–Crippen LogP) is 2.77. The Labute approximate surface area is 62.7 Å². The maximum absolute atomic E-state index is 3.76. The van der Waals surface area contributed by atoms with Gasteiger partial charge in [0.15, 0.2) is 0 Å². The van der Waals surface area contributed by atoms with Crippen molar-refractivity contribution < 1.29 is 0 Å². The average molecular weight is 143 g/mol. The summed E-state index contributed by atoms with van der Waals surface area (Å²) in [5, 5.41) is 0. The van der Waals surface area contributed by atoms with Crippen molar-refractivity contribution in [3.63, 3.8) is 0 Å². The minimum Gasteiger partial charge on any atom is -0.161 e. The summed E-state index contributed by atoms with van der Waals surface area (Å²) in [6.07, 6.45) is 3.03. The Balaban J connectivity index is 2.96.